The summed E-state index contributed by atoms with van der Waals surface area (Å²) in [6, 6.07) is 2.27. The molecule has 102 valence electrons. The highest BCUT2D eigenvalue weighted by molar-refractivity contribution is 7.18. The van der Waals surface area contributed by atoms with Crippen LogP contribution in [0.3, 0.4) is 0 Å². The summed E-state index contributed by atoms with van der Waals surface area (Å²) in [7, 11) is 0. The molecule has 0 aromatic carbocycles. The Labute approximate surface area is 115 Å². The van der Waals surface area contributed by atoms with Gasteiger partial charge in [-0.2, -0.15) is 0 Å². The van der Waals surface area contributed by atoms with Crippen LogP contribution < -0.4 is 5.32 Å². The molecule has 0 radical (unpaired) electrons. The molecule has 2 rings (SSSR count). The zero-order valence-electron chi connectivity index (χ0n) is 11.0. The molecule has 2 N–H and O–H groups in total. The molecule has 1 atom stereocenters. The van der Waals surface area contributed by atoms with E-state index < -0.39 is 5.97 Å². The number of hydrogen-bond acceptors (Lipinski definition) is 5. The van der Waals surface area contributed by atoms with E-state index in [0.29, 0.717) is 6.42 Å². The van der Waals surface area contributed by atoms with Gasteiger partial charge in [0, 0.05) is 17.3 Å². The van der Waals surface area contributed by atoms with Gasteiger partial charge >= 0.3 is 5.97 Å². The summed E-state index contributed by atoms with van der Waals surface area (Å²) in [6.45, 7) is 4.08. The molecular weight excluding hydrogens is 262 g/mol. The summed E-state index contributed by atoms with van der Waals surface area (Å²) < 4.78 is 0. The van der Waals surface area contributed by atoms with Gasteiger partial charge in [0.15, 0.2) is 0 Å². The van der Waals surface area contributed by atoms with E-state index in [0.717, 1.165) is 22.5 Å². The van der Waals surface area contributed by atoms with Gasteiger partial charge in [0.2, 0.25) is 0 Å². The van der Waals surface area contributed by atoms with Crippen molar-refractivity contribution in [1.29, 1.82) is 0 Å². The minimum atomic E-state index is -0.745. The molecule has 0 saturated carbocycles. The number of hydrogen-bond donors (Lipinski definition) is 2. The van der Waals surface area contributed by atoms with E-state index in [2.05, 4.69) is 21.4 Å². The van der Waals surface area contributed by atoms with Crippen LogP contribution in [0.5, 0.6) is 0 Å². The molecule has 0 aliphatic carbocycles. The fourth-order valence-electron chi connectivity index (χ4n) is 1.96. The summed E-state index contributed by atoms with van der Waals surface area (Å²) in [4.78, 5) is 21.2. The SMILES string of the molecule is Cc1cc2c(NC(C)CCCC(=O)O)ncnc2s1. The molecule has 0 aliphatic heterocycles. The fraction of sp³-hybridized carbons (Fsp3) is 0.462. The summed E-state index contributed by atoms with van der Waals surface area (Å²) in [5.41, 5.74) is 0. The zero-order chi connectivity index (χ0) is 13.8. The number of thiophene rings is 1. The van der Waals surface area contributed by atoms with E-state index in [9.17, 15) is 4.79 Å². The van der Waals surface area contributed by atoms with E-state index >= 15 is 0 Å². The normalized spacial score (nSPS) is 12.5. The monoisotopic (exact) mass is 279 g/mol. The van der Waals surface area contributed by atoms with Crippen molar-refractivity contribution in [3.63, 3.8) is 0 Å². The van der Waals surface area contributed by atoms with Crippen molar-refractivity contribution in [2.24, 2.45) is 0 Å². The van der Waals surface area contributed by atoms with Crippen LogP contribution in [0.2, 0.25) is 0 Å². The molecule has 0 fully saturated rings. The van der Waals surface area contributed by atoms with Crippen molar-refractivity contribution in [3.05, 3.63) is 17.3 Å². The van der Waals surface area contributed by atoms with Crippen LogP contribution in [-0.4, -0.2) is 27.1 Å². The lowest BCUT2D eigenvalue weighted by molar-refractivity contribution is -0.137. The molecule has 1 unspecified atom stereocenters. The third kappa shape index (κ3) is 3.64. The van der Waals surface area contributed by atoms with Crippen LogP contribution >= 0.6 is 11.3 Å². The maximum absolute atomic E-state index is 10.5. The Balaban J connectivity index is 2.02. The highest BCUT2D eigenvalue weighted by Crippen LogP contribution is 2.27. The van der Waals surface area contributed by atoms with Gasteiger partial charge in [0.1, 0.15) is 17.0 Å². The van der Waals surface area contributed by atoms with E-state index in [4.69, 9.17) is 5.11 Å². The van der Waals surface area contributed by atoms with Gasteiger partial charge in [0.05, 0.1) is 5.39 Å². The average Bonchev–Trinajstić information content (AvgIpc) is 2.70. The second-order valence-corrected chi connectivity index (χ2v) is 5.86. The standard InChI is InChI=1S/C13H17N3O2S/c1-8(4-3-5-11(17)18)16-12-10-6-9(2)19-13(10)15-7-14-12/h6-8H,3-5H2,1-2H3,(H,17,18)(H,14,15,16). The third-order valence-electron chi connectivity index (χ3n) is 2.86. The Bertz CT molecular complexity index is 582. The first-order chi connectivity index (χ1) is 9.06. The molecule has 6 heteroatoms. The Kier molecular flexibility index (Phi) is 4.31. The van der Waals surface area contributed by atoms with Gasteiger partial charge in [-0.05, 0) is 32.8 Å². The fourth-order valence-corrected chi connectivity index (χ4v) is 2.80. The summed E-state index contributed by atoms with van der Waals surface area (Å²) in [6.07, 6.45) is 3.24. The Morgan fingerprint density at radius 3 is 3.05 bits per heavy atom. The number of anilines is 1. The van der Waals surface area contributed by atoms with Crippen molar-refractivity contribution in [1.82, 2.24) is 9.97 Å². The predicted octanol–water partition coefficient (Wildman–Crippen LogP) is 3.06. The number of aryl methyl sites for hydroxylation is 1. The van der Waals surface area contributed by atoms with Gasteiger partial charge in [-0.3, -0.25) is 4.79 Å². The molecule has 0 aliphatic rings. The minimum absolute atomic E-state index is 0.192. The van der Waals surface area contributed by atoms with Gasteiger partial charge in [-0.25, -0.2) is 9.97 Å². The van der Waals surface area contributed by atoms with E-state index in [1.807, 2.05) is 13.8 Å². The number of rotatable bonds is 6. The third-order valence-corrected chi connectivity index (χ3v) is 3.82. The largest absolute Gasteiger partial charge is 0.481 e. The highest BCUT2D eigenvalue weighted by Gasteiger charge is 2.10. The van der Waals surface area contributed by atoms with Crippen LogP contribution in [0.25, 0.3) is 10.2 Å². The first kappa shape index (κ1) is 13.7. The molecule has 19 heavy (non-hydrogen) atoms. The topological polar surface area (TPSA) is 75.1 Å². The van der Waals surface area contributed by atoms with Crippen LogP contribution in [0.1, 0.15) is 31.1 Å². The van der Waals surface area contributed by atoms with Crippen LogP contribution in [0.15, 0.2) is 12.4 Å². The van der Waals surface area contributed by atoms with E-state index in [-0.39, 0.29) is 12.5 Å². The number of nitrogens with zero attached hydrogens (tertiary/aromatic N) is 2. The van der Waals surface area contributed by atoms with Crippen molar-refractivity contribution in [2.45, 2.75) is 39.2 Å². The van der Waals surface area contributed by atoms with E-state index in [1.165, 1.54) is 4.88 Å². The second kappa shape index (κ2) is 5.97. The number of fused-ring (bicyclic) bond motifs is 1. The lowest BCUT2D eigenvalue weighted by atomic mass is 10.1. The molecule has 2 aromatic heterocycles. The van der Waals surface area contributed by atoms with Gasteiger partial charge in [-0.1, -0.05) is 0 Å². The van der Waals surface area contributed by atoms with Crippen LogP contribution in [0, 0.1) is 6.92 Å². The number of carboxylic acid groups (broad SMARTS) is 1. The van der Waals surface area contributed by atoms with Gasteiger partial charge in [-0.15, -0.1) is 11.3 Å². The number of aliphatic carboxylic acids is 1. The first-order valence-electron chi connectivity index (χ1n) is 6.25. The van der Waals surface area contributed by atoms with E-state index in [1.54, 1.807) is 17.7 Å². The number of aromatic nitrogens is 2. The lowest BCUT2D eigenvalue weighted by Gasteiger charge is -2.14. The average molecular weight is 279 g/mol. The Hall–Kier alpha value is -1.69. The molecular formula is C13H17N3O2S. The second-order valence-electron chi connectivity index (χ2n) is 4.63. The maximum atomic E-state index is 10.5. The zero-order valence-corrected chi connectivity index (χ0v) is 11.8. The summed E-state index contributed by atoms with van der Waals surface area (Å²) in [5.74, 6) is 0.0854. The predicted molar refractivity (Wildman–Crippen MR) is 76.7 cm³/mol. The molecule has 5 nitrogen and oxygen atoms in total. The molecule has 2 heterocycles. The van der Waals surface area contributed by atoms with Gasteiger partial charge in [0.25, 0.3) is 0 Å². The molecule has 0 bridgehead atoms. The summed E-state index contributed by atoms with van der Waals surface area (Å²) in [5, 5.41) is 13.0. The van der Waals surface area contributed by atoms with Crippen LogP contribution in [-0.2, 0) is 4.79 Å². The highest BCUT2D eigenvalue weighted by atomic mass is 32.1. The number of carbonyl (C=O) groups is 1. The molecule has 2 aromatic rings. The first-order valence-corrected chi connectivity index (χ1v) is 7.07. The van der Waals surface area contributed by atoms with Gasteiger partial charge < -0.3 is 10.4 Å². The quantitative estimate of drug-likeness (QED) is 0.850. The van der Waals surface area contributed by atoms with Crippen molar-refractivity contribution in [2.75, 3.05) is 5.32 Å². The molecule has 0 saturated heterocycles. The van der Waals surface area contributed by atoms with Crippen molar-refractivity contribution >= 4 is 33.3 Å². The maximum Gasteiger partial charge on any atom is 0.303 e. The number of carboxylic acids is 1. The Morgan fingerprint density at radius 2 is 2.32 bits per heavy atom. The lowest BCUT2D eigenvalue weighted by Crippen LogP contribution is -2.16. The Morgan fingerprint density at radius 1 is 1.53 bits per heavy atom. The van der Waals surface area contributed by atoms with Crippen LogP contribution in [0.4, 0.5) is 5.82 Å². The van der Waals surface area contributed by atoms with Crippen molar-refractivity contribution in [3.8, 4) is 0 Å². The molecule has 0 spiro atoms. The smallest absolute Gasteiger partial charge is 0.303 e. The number of nitrogens with one attached hydrogen (secondary N) is 1. The summed E-state index contributed by atoms with van der Waals surface area (Å²) >= 11 is 1.65. The van der Waals surface area contributed by atoms with Crippen molar-refractivity contribution < 1.29 is 9.90 Å². The molecule has 0 amide bonds. The minimum Gasteiger partial charge on any atom is -0.481 e.